The van der Waals surface area contributed by atoms with E-state index < -0.39 is 0 Å². The molecule has 1 aliphatic rings. The Hall–Kier alpha value is -2.90. The molecule has 0 aromatic carbocycles. The van der Waals surface area contributed by atoms with E-state index in [1.807, 2.05) is 34.9 Å². The van der Waals surface area contributed by atoms with Gasteiger partial charge in [-0.1, -0.05) is 0 Å². The van der Waals surface area contributed by atoms with Crippen molar-refractivity contribution in [2.75, 3.05) is 13.1 Å². The van der Waals surface area contributed by atoms with Crippen LogP contribution in [0.4, 0.5) is 0 Å². The fourth-order valence-corrected chi connectivity index (χ4v) is 3.85. The molecule has 1 saturated heterocycles. The second-order valence-corrected chi connectivity index (χ2v) is 7.04. The third-order valence-corrected chi connectivity index (χ3v) is 5.39. The van der Waals surface area contributed by atoms with E-state index in [4.69, 9.17) is 0 Å². The molecule has 0 aliphatic carbocycles. The number of H-pyrrole nitrogens is 1. The standard InChI is InChI=1S/C19H25N7O/c1-3-26-17(12-24-11-8-20-13-24)22-23-18(26)15-5-9-25(10-6-15)19(27)16-4-7-21-14(16)2/h4,7-8,11,13,15,21H,3,5-6,9-10,12H2,1-2H3. The Morgan fingerprint density at radius 3 is 2.74 bits per heavy atom. The summed E-state index contributed by atoms with van der Waals surface area (Å²) in [6.45, 7) is 7.07. The van der Waals surface area contributed by atoms with E-state index in [0.29, 0.717) is 12.5 Å². The highest BCUT2D eigenvalue weighted by molar-refractivity contribution is 5.95. The normalized spacial score (nSPS) is 15.4. The van der Waals surface area contributed by atoms with Gasteiger partial charge in [0.1, 0.15) is 5.82 Å². The smallest absolute Gasteiger partial charge is 0.255 e. The van der Waals surface area contributed by atoms with Gasteiger partial charge in [-0.3, -0.25) is 4.79 Å². The SMILES string of the molecule is CCn1c(Cn2ccnc2)nnc1C1CCN(C(=O)c2cc[nH]c2C)CC1. The molecular weight excluding hydrogens is 342 g/mol. The quantitative estimate of drug-likeness (QED) is 0.749. The van der Waals surface area contributed by atoms with Crippen LogP contribution in [0.1, 0.15) is 53.4 Å². The molecule has 8 heteroatoms. The zero-order chi connectivity index (χ0) is 18.8. The first-order chi connectivity index (χ1) is 13.2. The van der Waals surface area contributed by atoms with Gasteiger partial charge in [-0.15, -0.1) is 10.2 Å². The van der Waals surface area contributed by atoms with Gasteiger partial charge in [0.2, 0.25) is 0 Å². The Morgan fingerprint density at radius 2 is 2.11 bits per heavy atom. The van der Waals surface area contributed by atoms with E-state index >= 15 is 0 Å². The van der Waals surface area contributed by atoms with Crippen LogP contribution in [0.5, 0.6) is 0 Å². The van der Waals surface area contributed by atoms with Gasteiger partial charge >= 0.3 is 0 Å². The van der Waals surface area contributed by atoms with Gasteiger partial charge in [0.05, 0.1) is 18.4 Å². The van der Waals surface area contributed by atoms with Crippen LogP contribution in [-0.2, 0) is 13.1 Å². The maximum atomic E-state index is 12.7. The van der Waals surface area contributed by atoms with Crippen molar-refractivity contribution in [3.05, 3.63) is 53.9 Å². The van der Waals surface area contributed by atoms with Crippen molar-refractivity contribution in [1.29, 1.82) is 0 Å². The molecule has 0 atom stereocenters. The molecule has 1 N–H and O–H groups in total. The first kappa shape index (κ1) is 17.5. The van der Waals surface area contributed by atoms with E-state index in [9.17, 15) is 4.79 Å². The molecule has 1 aliphatic heterocycles. The van der Waals surface area contributed by atoms with Gasteiger partial charge in [0.15, 0.2) is 5.82 Å². The third kappa shape index (κ3) is 3.39. The Labute approximate surface area is 158 Å². The number of imidazole rings is 1. The average Bonchev–Trinajstić information content (AvgIpc) is 3.43. The van der Waals surface area contributed by atoms with Crippen LogP contribution in [0, 0.1) is 6.92 Å². The van der Waals surface area contributed by atoms with Gasteiger partial charge in [-0.05, 0) is 32.8 Å². The van der Waals surface area contributed by atoms with Gasteiger partial charge in [0, 0.05) is 49.8 Å². The van der Waals surface area contributed by atoms with Crippen LogP contribution in [0.25, 0.3) is 0 Å². The molecule has 27 heavy (non-hydrogen) atoms. The highest BCUT2D eigenvalue weighted by atomic mass is 16.2. The van der Waals surface area contributed by atoms with Crippen LogP contribution in [-0.4, -0.2) is 53.2 Å². The Kier molecular flexibility index (Phi) is 4.79. The molecular formula is C19H25N7O. The van der Waals surface area contributed by atoms with E-state index in [1.54, 1.807) is 12.5 Å². The zero-order valence-electron chi connectivity index (χ0n) is 15.8. The van der Waals surface area contributed by atoms with Gasteiger partial charge < -0.3 is 19.0 Å². The lowest BCUT2D eigenvalue weighted by Crippen LogP contribution is -2.38. The average molecular weight is 367 g/mol. The lowest BCUT2D eigenvalue weighted by Gasteiger charge is -2.31. The minimum absolute atomic E-state index is 0.116. The van der Waals surface area contributed by atoms with Crippen LogP contribution >= 0.6 is 0 Å². The molecule has 8 nitrogen and oxygen atoms in total. The molecule has 0 spiro atoms. The van der Waals surface area contributed by atoms with Gasteiger partial charge in [-0.25, -0.2) is 4.98 Å². The van der Waals surface area contributed by atoms with Crippen LogP contribution in [0.2, 0.25) is 0 Å². The van der Waals surface area contributed by atoms with Crippen LogP contribution in [0.15, 0.2) is 31.0 Å². The van der Waals surface area contributed by atoms with Gasteiger partial charge in [-0.2, -0.15) is 0 Å². The number of hydrogen-bond acceptors (Lipinski definition) is 4. The first-order valence-electron chi connectivity index (χ1n) is 9.48. The summed E-state index contributed by atoms with van der Waals surface area (Å²) in [5.41, 5.74) is 1.70. The molecule has 3 aromatic rings. The number of amides is 1. The molecule has 0 saturated carbocycles. The largest absolute Gasteiger partial charge is 0.365 e. The van der Waals surface area contributed by atoms with Crippen molar-refractivity contribution in [2.45, 2.75) is 45.7 Å². The van der Waals surface area contributed by atoms with Crippen molar-refractivity contribution >= 4 is 5.91 Å². The monoisotopic (exact) mass is 367 g/mol. The van der Waals surface area contributed by atoms with Crippen molar-refractivity contribution in [3.8, 4) is 0 Å². The lowest BCUT2D eigenvalue weighted by molar-refractivity contribution is 0.0709. The summed E-state index contributed by atoms with van der Waals surface area (Å²) >= 11 is 0. The Morgan fingerprint density at radius 1 is 1.30 bits per heavy atom. The highest BCUT2D eigenvalue weighted by Crippen LogP contribution is 2.28. The summed E-state index contributed by atoms with van der Waals surface area (Å²) < 4.78 is 4.21. The zero-order valence-corrected chi connectivity index (χ0v) is 15.8. The molecule has 0 bridgehead atoms. The minimum atomic E-state index is 0.116. The predicted molar refractivity (Wildman–Crippen MR) is 100 cm³/mol. The van der Waals surface area contributed by atoms with E-state index in [2.05, 4.69) is 31.7 Å². The van der Waals surface area contributed by atoms with E-state index in [-0.39, 0.29) is 5.91 Å². The number of likely N-dealkylation sites (tertiary alicyclic amines) is 1. The van der Waals surface area contributed by atoms with E-state index in [1.165, 1.54) is 0 Å². The number of aryl methyl sites for hydroxylation is 1. The molecule has 4 rings (SSSR count). The summed E-state index contributed by atoms with van der Waals surface area (Å²) in [4.78, 5) is 21.8. The number of rotatable bonds is 5. The van der Waals surface area contributed by atoms with Crippen LogP contribution in [0.3, 0.4) is 0 Å². The summed E-state index contributed by atoms with van der Waals surface area (Å²) in [7, 11) is 0. The molecule has 1 fully saturated rings. The minimum Gasteiger partial charge on any atom is -0.365 e. The molecule has 1 amide bonds. The topological polar surface area (TPSA) is 84.6 Å². The maximum Gasteiger partial charge on any atom is 0.255 e. The summed E-state index contributed by atoms with van der Waals surface area (Å²) in [5, 5.41) is 8.92. The fourth-order valence-electron chi connectivity index (χ4n) is 3.85. The number of aromatic nitrogens is 6. The molecule has 3 aromatic heterocycles. The second kappa shape index (κ2) is 7.38. The molecule has 4 heterocycles. The molecule has 142 valence electrons. The number of carbonyl (C=O) groups excluding carboxylic acids is 1. The number of nitrogens with zero attached hydrogens (tertiary/aromatic N) is 6. The van der Waals surface area contributed by atoms with Gasteiger partial charge in [0.25, 0.3) is 5.91 Å². The number of aromatic amines is 1. The highest BCUT2D eigenvalue weighted by Gasteiger charge is 2.29. The van der Waals surface area contributed by atoms with Crippen molar-refractivity contribution in [3.63, 3.8) is 0 Å². The summed E-state index contributed by atoms with van der Waals surface area (Å²) in [6.07, 6.45) is 9.15. The summed E-state index contributed by atoms with van der Waals surface area (Å²) in [5.74, 6) is 2.44. The van der Waals surface area contributed by atoms with Crippen molar-refractivity contribution in [2.24, 2.45) is 0 Å². The summed E-state index contributed by atoms with van der Waals surface area (Å²) in [6, 6.07) is 1.86. The third-order valence-electron chi connectivity index (χ3n) is 5.39. The Balaban J connectivity index is 1.44. The number of nitrogens with one attached hydrogen (secondary N) is 1. The van der Waals surface area contributed by atoms with Crippen molar-refractivity contribution in [1.82, 2.24) is 34.2 Å². The lowest BCUT2D eigenvalue weighted by atomic mass is 9.95. The van der Waals surface area contributed by atoms with Crippen LogP contribution < -0.4 is 0 Å². The number of piperidine rings is 1. The number of carbonyl (C=O) groups is 1. The fraction of sp³-hybridized carbons (Fsp3) is 0.474. The molecule has 0 unspecified atom stereocenters. The Bertz CT molecular complexity index is 901. The number of hydrogen-bond donors (Lipinski definition) is 1. The maximum absolute atomic E-state index is 12.7. The van der Waals surface area contributed by atoms with Crippen molar-refractivity contribution < 1.29 is 4.79 Å². The predicted octanol–water partition coefficient (Wildman–Crippen LogP) is 2.20. The first-order valence-corrected chi connectivity index (χ1v) is 9.48. The van der Waals surface area contributed by atoms with E-state index in [0.717, 1.165) is 55.4 Å². The second-order valence-electron chi connectivity index (χ2n) is 7.04. The molecule has 0 radical (unpaired) electrons.